The maximum Gasteiger partial charge on any atom is 0.260 e. The molecule has 3 N–H and O–H groups in total. The van der Waals surface area contributed by atoms with Crippen molar-refractivity contribution in [3.63, 3.8) is 0 Å². The Hall–Kier alpha value is -1.59. The van der Waals surface area contributed by atoms with E-state index in [1.807, 2.05) is 0 Å². The third kappa shape index (κ3) is 2.71. The van der Waals surface area contributed by atoms with Gasteiger partial charge in [-0.2, -0.15) is 0 Å². The zero-order chi connectivity index (χ0) is 12.1. The van der Waals surface area contributed by atoms with Crippen LogP contribution in [0.1, 0.15) is 10.4 Å². The molecule has 1 rings (SSSR count). The molecule has 0 atom stereocenters. The Kier molecular flexibility index (Phi) is 4.28. The van der Waals surface area contributed by atoms with Gasteiger partial charge >= 0.3 is 0 Å². The van der Waals surface area contributed by atoms with Crippen LogP contribution >= 0.6 is 11.6 Å². The lowest BCUT2D eigenvalue weighted by Crippen LogP contribution is -2.45. The Labute approximate surface area is 98.9 Å². The fourth-order valence-corrected chi connectivity index (χ4v) is 1.41. The second kappa shape index (κ2) is 5.48. The summed E-state index contributed by atoms with van der Waals surface area (Å²) < 4.78 is 0. The van der Waals surface area contributed by atoms with Crippen LogP contribution in [-0.4, -0.2) is 30.9 Å². The summed E-state index contributed by atoms with van der Waals surface area (Å²) in [5.41, 5.74) is 2.82. The fourth-order valence-electron chi connectivity index (χ4n) is 1.22. The van der Waals surface area contributed by atoms with Gasteiger partial charge in [-0.3, -0.25) is 20.1 Å². The summed E-state index contributed by atoms with van der Waals surface area (Å²) in [7, 11) is 3.11. The molecule has 1 amide bonds. The summed E-state index contributed by atoms with van der Waals surface area (Å²) in [4.78, 5) is 17.1. The van der Waals surface area contributed by atoms with Gasteiger partial charge in [0.2, 0.25) is 5.96 Å². The summed E-state index contributed by atoms with van der Waals surface area (Å²) >= 11 is 5.80. The average molecular weight is 241 g/mol. The molecule has 0 aliphatic carbocycles. The molecule has 0 fully saturated rings. The van der Waals surface area contributed by atoms with Crippen LogP contribution in [0.4, 0.5) is 0 Å². The van der Waals surface area contributed by atoms with Crippen LogP contribution in [0.2, 0.25) is 5.02 Å². The van der Waals surface area contributed by atoms with Gasteiger partial charge in [0.15, 0.2) is 0 Å². The average Bonchev–Trinajstić information content (AvgIpc) is 2.29. The number of hydrogen-bond acceptors (Lipinski definition) is 3. The van der Waals surface area contributed by atoms with E-state index in [2.05, 4.69) is 10.4 Å². The molecule has 0 heterocycles. The van der Waals surface area contributed by atoms with E-state index in [1.54, 1.807) is 31.3 Å². The van der Waals surface area contributed by atoms with Gasteiger partial charge in [-0.05, 0) is 18.2 Å². The molecule has 0 aromatic heterocycles. The molecule has 5 nitrogen and oxygen atoms in total. The highest BCUT2D eigenvalue weighted by atomic mass is 35.5. The standard InChI is InChI=1S/C10H13ClN4O/c1-13-10(14-12)15(2)9(16)7-4-3-5-8(11)6-7/h3-6H,12H2,1-2H3,(H,13,14). The number of guanidine groups is 1. The Morgan fingerprint density at radius 3 is 2.75 bits per heavy atom. The molecule has 0 unspecified atom stereocenters. The highest BCUT2D eigenvalue weighted by molar-refractivity contribution is 6.31. The van der Waals surface area contributed by atoms with E-state index in [1.165, 1.54) is 11.9 Å². The van der Waals surface area contributed by atoms with E-state index in [-0.39, 0.29) is 11.9 Å². The number of benzene rings is 1. The molecule has 0 aliphatic rings. The van der Waals surface area contributed by atoms with Gasteiger partial charge in [0.25, 0.3) is 5.91 Å². The zero-order valence-electron chi connectivity index (χ0n) is 9.07. The van der Waals surface area contributed by atoms with Gasteiger partial charge in [-0.25, -0.2) is 5.84 Å². The van der Waals surface area contributed by atoms with Gasteiger partial charge in [-0.15, -0.1) is 0 Å². The van der Waals surface area contributed by atoms with Crippen molar-refractivity contribution in [1.29, 1.82) is 0 Å². The molecular formula is C10H13ClN4O. The number of nitrogens with two attached hydrogens (primary N) is 1. The minimum absolute atomic E-state index is 0.235. The van der Waals surface area contributed by atoms with Crippen LogP contribution in [-0.2, 0) is 0 Å². The fraction of sp³-hybridized carbons (Fsp3) is 0.200. The van der Waals surface area contributed by atoms with Crippen LogP contribution in [0.15, 0.2) is 29.3 Å². The summed E-state index contributed by atoms with van der Waals surface area (Å²) in [5, 5.41) is 0.509. The lowest BCUT2D eigenvalue weighted by Gasteiger charge is -2.18. The van der Waals surface area contributed by atoms with E-state index >= 15 is 0 Å². The van der Waals surface area contributed by atoms with E-state index in [4.69, 9.17) is 17.4 Å². The van der Waals surface area contributed by atoms with Crippen molar-refractivity contribution in [1.82, 2.24) is 10.3 Å². The molecule has 6 heteroatoms. The number of carbonyl (C=O) groups excluding carboxylic acids is 1. The van der Waals surface area contributed by atoms with E-state index in [9.17, 15) is 4.79 Å². The molecule has 86 valence electrons. The predicted molar refractivity (Wildman–Crippen MR) is 64.2 cm³/mol. The molecule has 0 radical (unpaired) electrons. The van der Waals surface area contributed by atoms with Crippen molar-refractivity contribution in [2.75, 3.05) is 14.1 Å². The minimum Gasteiger partial charge on any atom is -0.294 e. The molecule has 0 bridgehead atoms. The summed E-state index contributed by atoms with van der Waals surface area (Å²) in [6.07, 6.45) is 0. The second-order valence-corrected chi connectivity index (χ2v) is 3.50. The lowest BCUT2D eigenvalue weighted by molar-refractivity contribution is 0.0867. The topological polar surface area (TPSA) is 70.7 Å². The molecule has 0 saturated heterocycles. The van der Waals surface area contributed by atoms with Crippen molar-refractivity contribution in [3.8, 4) is 0 Å². The van der Waals surface area contributed by atoms with Crippen LogP contribution in [0.25, 0.3) is 0 Å². The first-order valence-electron chi connectivity index (χ1n) is 4.57. The van der Waals surface area contributed by atoms with Crippen LogP contribution in [0.3, 0.4) is 0 Å². The number of rotatable bonds is 1. The van der Waals surface area contributed by atoms with Gasteiger partial charge in [0.1, 0.15) is 0 Å². The van der Waals surface area contributed by atoms with Crippen LogP contribution in [0, 0.1) is 0 Å². The Morgan fingerprint density at radius 2 is 2.25 bits per heavy atom. The Balaban J connectivity index is 2.94. The van der Waals surface area contributed by atoms with Gasteiger partial charge in [-0.1, -0.05) is 17.7 Å². The number of nitrogens with zero attached hydrogens (tertiary/aromatic N) is 2. The van der Waals surface area contributed by atoms with Crippen LogP contribution in [0.5, 0.6) is 0 Å². The predicted octanol–water partition coefficient (Wildman–Crippen LogP) is 0.861. The summed E-state index contributed by atoms with van der Waals surface area (Å²) in [5.74, 6) is 5.28. The highest BCUT2D eigenvalue weighted by Gasteiger charge is 2.15. The largest absolute Gasteiger partial charge is 0.294 e. The third-order valence-electron chi connectivity index (χ3n) is 2.03. The normalized spacial score (nSPS) is 11.1. The summed E-state index contributed by atoms with van der Waals surface area (Å²) in [6.45, 7) is 0. The van der Waals surface area contributed by atoms with Crippen LogP contribution < -0.4 is 11.3 Å². The molecule has 16 heavy (non-hydrogen) atoms. The number of carbonyl (C=O) groups is 1. The molecule has 0 saturated carbocycles. The minimum atomic E-state index is -0.235. The van der Waals surface area contributed by atoms with Crippen molar-refractivity contribution >= 4 is 23.5 Å². The first-order valence-corrected chi connectivity index (χ1v) is 4.95. The number of hydrogen-bond donors (Lipinski definition) is 2. The van der Waals surface area contributed by atoms with E-state index in [0.29, 0.717) is 10.6 Å². The maximum atomic E-state index is 11.9. The van der Waals surface area contributed by atoms with Crippen molar-refractivity contribution < 1.29 is 4.79 Å². The van der Waals surface area contributed by atoms with Gasteiger partial charge in [0, 0.05) is 24.7 Å². The number of amides is 1. The lowest BCUT2D eigenvalue weighted by atomic mass is 10.2. The van der Waals surface area contributed by atoms with Gasteiger partial charge < -0.3 is 0 Å². The number of halogens is 1. The SMILES string of the molecule is CN=C(NN)N(C)C(=O)c1cccc(Cl)c1. The smallest absolute Gasteiger partial charge is 0.260 e. The molecule has 0 aliphatic heterocycles. The monoisotopic (exact) mass is 240 g/mol. The summed E-state index contributed by atoms with van der Waals surface area (Å²) in [6, 6.07) is 6.68. The van der Waals surface area contributed by atoms with E-state index < -0.39 is 0 Å². The Morgan fingerprint density at radius 1 is 1.56 bits per heavy atom. The molecule has 1 aromatic carbocycles. The first kappa shape index (κ1) is 12.5. The first-order chi connectivity index (χ1) is 7.60. The van der Waals surface area contributed by atoms with Crippen molar-refractivity contribution in [2.45, 2.75) is 0 Å². The second-order valence-electron chi connectivity index (χ2n) is 3.07. The van der Waals surface area contributed by atoms with Crippen molar-refractivity contribution in [2.24, 2.45) is 10.8 Å². The number of nitrogens with one attached hydrogen (secondary N) is 1. The number of aliphatic imine (C=N–C) groups is 1. The molecule has 0 spiro atoms. The zero-order valence-corrected chi connectivity index (χ0v) is 9.82. The van der Waals surface area contributed by atoms with E-state index in [0.717, 1.165) is 0 Å². The quantitative estimate of drug-likeness (QED) is 0.331. The third-order valence-corrected chi connectivity index (χ3v) is 2.27. The van der Waals surface area contributed by atoms with Crippen molar-refractivity contribution in [3.05, 3.63) is 34.9 Å². The maximum absolute atomic E-state index is 11.9. The Bertz CT molecular complexity index is 419. The molecule has 1 aromatic rings. The number of hydrazine groups is 1. The molecular weight excluding hydrogens is 228 g/mol. The highest BCUT2D eigenvalue weighted by Crippen LogP contribution is 2.12. The van der Waals surface area contributed by atoms with Gasteiger partial charge in [0.05, 0.1) is 0 Å².